The van der Waals surface area contributed by atoms with Crippen molar-refractivity contribution in [1.82, 2.24) is 9.97 Å². The number of aromatic nitrogens is 2. The standard InChI is InChI=1S/C22H18F4N2O3/c1-2-13(15-8-9-19(16(23)10-15)31-22(24,25)26)11-18(29)17-12-20(30)28-21(27-17)14-6-4-3-5-7-14/h3-10,12-13H,2,11H2,1H3,(H,27,28,30)/t13-/m0/s1. The van der Waals surface area contributed by atoms with Gasteiger partial charge in [-0.15, -0.1) is 13.2 Å². The molecule has 3 rings (SSSR count). The summed E-state index contributed by atoms with van der Waals surface area (Å²) in [6.07, 6.45) is -4.69. The first-order valence-electron chi connectivity index (χ1n) is 9.41. The van der Waals surface area contributed by atoms with Gasteiger partial charge in [0.25, 0.3) is 5.56 Å². The van der Waals surface area contributed by atoms with Gasteiger partial charge in [-0.1, -0.05) is 43.3 Å². The SMILES string of the molecule is CC[C@@H](CC(=O)c1cc(=O)[nH]c(-c2ccccc2)n1)c1ccc(OC(F)(F)F)c(F)c1. The number of nitrogens with zero attached hydrogens (tertiary/aromatic N) is 1. The lowest BCUT2D eigenvalue weighted by Gasteiger charge is -2.16. The first kappa shape index (κ1) is 22.2. The van der Waals surface area contributed by atoms with Crippen molar-refractivity contribution in [3.8, 4) is 17.1 Å². The van der Waals surface area contributed by atoms with Crippen LogP contribution in [0.4, 0.5) is 17.6 Å². The summed E-state index contributed by atoms with van der Waals surface area (Å²) in [5.74, 6) is -2.80. The highest BCUT2D eigenvalue weighted by Crippen LogP contribution is 2.31. The summed E-state index contributed by atoms with van der Waals surface area (Å²) in [6.45, 7) is 1.76. The molecule has 0 bridgehead atoms. The van der Waals surface area contributed by atoms with Crippen LogP contribution in [0.15, 0.2) is 59.4 Å². The Hall–Kier alpha value is -3.49. The lowest BCUT2D eigenvalue weighted by Crippen LogP contribution is -2.18. The van der Waals surface area contributed by atoms with Crippen LogP contribution in [-0.4, -0.2) is 22.1 Å². The van der Waals surface area contributed by atoms with Crippen LogP contribution in [0.1, 0.15) is 41.7 Å². The van der Waals surface area contributed by atoms with Crippen LogP contribution in [-0.2, 0) is 0 Å². The summed E-state index contributed by atoms with van der Waals surface area (Å²) in [5.41, 5.74) is 0.433. The van der Waals surface area contributed by atoms with Gasteiger partial charge in [0.15, 0.2) is 17.3 Å². The topological polar surface area (TPSA) is 72.0 Å². The minimum absolute atomic E-state index is 0.0430. The third-order valence-corrected chi connectivity index (χ3v) is 4.65. The second-order valence-corrected chi connectivity index (χ2v) is 6.82. The normalized spacial score (nSPS) is 12.4. The summed E-state index contributed by atoms with van der Waals surface area (Å²) >= 11 is 0. The zero-order valence-corrected chi connectivity index (χ0v) is 16.4. The predicted octanol–water partition coefficient (Wildman–Crippen LogP) is 5.24. The van der Waals surface area contributed by atoms with Gasteiger partial charge >= 0.3 is 6.36 Å². The number of carbonyl (C=O) groups is 1. The van der Waals surface area contributed by atoms with E-state index in [1.54, 1.807) is 37.3 Å². The number of ether oxygens (including phenoxy) is 1. The predicted molar refractivity (Wildman–Crippen MR) is 105 cm³/mol. The van der Waals surface area contributed by atoms with Crippen molar-refractivity contribution < 1.29 is 27.1 Å². The fraction of sp³-hybridized carbons (Fsp3) is 0.227. The number of carbonyl (C=O) groups excluding carboxylic acids is 1. The van der Waals surface area contributed by atoms with Crippen LogP contribution < -0.4 is 10.3 Å². The van der Waals surface area contributed by atoms with E-state index in [1.165, 1.54) is 6.07 Å². The maximum Gasteiger partial charge on any atom is 0.573 e. The molecule has 0 radical (unpaired) electrons. The number of aromatic amines is 1. The van der Waals surface area contributed by atoms with Gasteiger partial charge in [-0.05, 0) is 30.0 Å². The third kappa shape index (κ3) is 5.78. The molecule has 0 aliphatic rings. The Kier molecular flexibility index (Phi) is 6.53. The molecule has 0 saturated carbocycles. The molecule has 0 aliphatic carbocycles. The molecular weight excluding hydrogens is 416 g/mol. The third-order valence-electron chi connectivity index (χ3n) is 4.65. The van der Waals surface area contributed by atoms with Crippen LogP contribution in [0.5, 0.6) is 5.75 Å². The summed E-state index contributed by atoms with van der Waals surface area (Å²) in [5, 5.41) is 0. The Balaban J connectivity index is 1.83. The van der Waals surface area contributed by atoms with E-state index in [1.807, 2.05) is 0 Å². The second kappa shape index (κ2) is 9.11. The van der Waals surface area contributed by atoms with Crippen LogP contribution >= 0.6 is 0 Å². The molecule has 0 fully saturated rings. The van der Waals surface area contributed by atoms with Crippen molar-refractivity contribution in [3.63, 3.8) is 0 Å². The number of rotatable bonds is 7. The van der Waals surface area contributed by atoms with E-state index in [0.717, 1.165) is 18.2 Å². The van der Waals surface area contributed by atoms with Crippen LogP contribution in [0.25, 0.3) is 11.4 Å². The zero-order valence-electron chi connectivity index (χ0n) is 16.4. The number of nitrogens with one attached hydrogen (secondary N) is 1. The Morgan fingerprint density at radius 1 is 1.13 bits per heavy atom. The molecule has 0 aliphatic heterocycles. The van der Waals surface area contributed by atoms with Crippen molar-refractivity contribution in [1.29, 1.82) is 0 Å². The first-order chi connectivity index (χ1) is 14.7. The molecule has 9 heteroatoms. The summed E-state index contributed by atoms with van der Waals surface area (Å²) in [4.78, 5) is 31.6. The van der Waals surface area contributed by atoms with E-state index >= 15 is 0 Å². The van der Waals surface area contributed by atoms with Crippen molar-refractivity contribution in [3.05, 3.63) is 82.0 Å². The van der Waals surface area contributed by atoms with E-state index in [-0.39, 0.29) is 17.9 Å². The molecule has 3 aromatic rings. The van der Waals surface area contributed by atoms with Crippen molar-refractivity contribution in [2.24, 2.45) is 0 Å². The molecule has 1 heterocycles. The maximum absolute atomic E-state index is 14.1. The Bertz CT molecular complexity index is 1130. The van der Waals surface area contributed by atoms with Crippen molar-refractivity contribution in [2.45, 2.75) is 32.0 Å². The lowest BCUT2D eigenvalue weighted by atomic mass is 9.90. The first-order valence-corrected chi connectivity index (χ1v) is 9.41. The molecular formula is C22H18F4N2O3. The quantitative estimate of drug-likeness (QED) is 0.408. The lowest BCUT2D eigenvalue weighted by molar-refractivity contribution is -0.275. The van der Waals surface area contributed by atoms with Gasteiger partial charge in [0, 0.05) is 18.1 Å². The smallest absolute Gasteiger partial charge is 0.403 e. The maximum atomic E-state index is 14.1. The van der Waals surface area contributed by atoms with Crippen LogP contribution in [0, 0.1) is 5.82 Å². The number of ketones is 1. The summed E-state index contributed by atoms with van der Waals surface area (Å²) in [6, 6.07) is 13.0. The molecule has 5 nitrogen and oxygen atoms in total. The Morgan fingerprint density at radius 2 is 1.84 bits per heavy atom. The van der Waals surface area contributed by atoms with E-state index in [4.69, 9.17) is 0 Å². The van der Waals surface area contributed by atoms with E-state index in [9.17, 15) is 27.2 Å². The van der Waals surface area contributed by atoms with Gasteiger partial charge in [0.2, 0.25) is 0 Å². The Morgan fingerprint density at radius 3 is 2.45 bits per heavy atom. The van der Waals surface area contributed by atoms with Crippen LogP contribution in [0.3, 0.4) is 0 Å². The average molecular weight is 434 g/mol. The van der Waals surface area contributed by atoms with Crippen molar-refractivity contribution in [2.75, 3.05) is 0 Å². The number of hydrogen-bond acceptors (Lipinski definition) is 4. The number of hydrogen-bond donors (Lipinski definition) is 1. The number of alkyl halides is 3. The van der Waals surface area contributed by atoms with Gasteiger partial charge in [-0.25, -0.2) is 9.37 Å². The van der Waals surface area contributed by atoms with Crippen LogP contribution in [0.2, 0.25) is 0 Å². The highest BCUT2D eigenvalue weighted by Gasteiger charge is 2.32. The van der Waals surface area contributed by atoms with Gasteiger partial charge < -0.3 is 9.72 Å². The Labute approximate surface area is 174 Å². The second-order valence-electron chi connectivity index (χ2n) is 6.82. The summed E-state index contributed by atoms with van der Waals surface area (Å²) in [7, 11) is 0. The molecule has 162 valence electrons. The molecule has 1 N–H and O–H groups in total. The zero-order chi connectivity index (χ0) is 22.6. The molecule has 0 saturated heterocycles. The number of halogens is 4. The van der Waals surface area contributed by atoms with Gasteiger partial charge in [-0.2, -0.15) is 0 Å². The molecule has 1 aromatic heterocycles. The molecule has 0 unspecified atom stereocenters. The largest absolute Gasteiger partial charge is 0.573 e. The molecule has 2 aromatic carbocycles. The van der Waals surface area contributed by atoms with Crippen molar-refractivity contribution >= 4 is 5.78 Å². The fourth-order valence-electron chi connectivity index (χ4n) is 3.14. The molecule has 1 atom stereocenters. The van der Waals surface area contributed by atoms with Gasteiger partial charge in [0.1, 0.15) is 11.5 Å². The average Bonchev–Trinajstić information content (AvgIpc) is 2.72. The molecule has 0 spiro atoms. The highest BCUT2D eigenvalue weighted by atomic mass is 19.4. The molecule has 0 amide bonds. The fourth-order valence-corrected chi connectivity index (χ4v) is 3.14. The molecule has 31 heavy (non-hydrogen) atoms. The van der Waals surface area contributed by atoms with E-state index in [0.29, 0.717) is 17.5 Å². The minimum Gasteiger partial charge on any atom is -0.403 e. The van der Waals surface area contributed by atoms with Gasteiger partial charge in [0.05, 0.1) is 0 Å². The summed E-state index contributed by atoms with van der Waals surface area (Å²) < 4.78 is 54.7. The minimum atomic E-state index is -5.01. The monoisotopic (exact) mass is 434 g/mol. The van der Waals surface area contributed by atoms with E-state index in [2.05, 4.69) is 14.7 Å². The number of H-pyrrole nitrogens is 1. The highest BCUT2D eigenvalue weighted by molar-refractivity contribution is 5.95. The number of Topliss-reactive ketones (excluding diaryl/α,β-unsaturated/α-hetero) is 1. The van der Waals surface area contributed by atoms with Gasteiger partial charge in [-0.3, -0.25) is 9.59 Å². The van der Waals surface area contributed by atoms with E-state index < -0.39 is 35.2 Å². The number of benzene rings is 2.